The van der Waals surface area contributed by atoms with Gasteiger partial charge in [-0.2, -0.15) is 0 Å². The summed E-state index contributed by atoms with van der Waals surface area (Å²) in [5, 5.41) is 0. The maximum atomic E-state index is 13.4. The third-order valence-electron chi connectivity index (χ3n) is 7.87. The monoisotopic (exact) mass is 458 g/mol. The number of carbonyl (C=O) groups is 2. The van der Waals surface area contributed by atoms with Crippen LogP contribution in [0.1, 0.15) is 80.8 Å². The van der Waals surface area contributed by atoms with E-state index in [-0.39, 0.29) is 17.0 Å². The Morgan fingerprint density at radius 3 is 1.37 bits per heavy atom. The third-order valence-corrected chi connectivity index (χ3v) is 7.87. The van der Waals surface area contributed by atoms with E-state index in [1.165, 1.54) is 22.3 Å². The molecule has 1 aliphatic carbocycles. The third kappa shape index (κ3) is 3.56. The highest BCUT2D eigenvalue weighted by molar-refractivity contribution is 6.11. The molecule has 0 saturated carbocycles. The normalized spacial score (nSPS) is 13.3. The average Bonchev–Trinajstić information content (AvgIpc) is 3.17. The Morgan fingerprint density at radius 1 is 0.600 bits per heavy atom. The average molecular weight is 459 g/mol. The van der Waals surface area contributed by atoms with Gasteiger partial charge in [0.2, 0.25) is 0 Å². The number of hydrogen-bond donors (Lipinski definition) is 0. The van der Waals surface area contributed by atoms with Crippen LogP contribution in [-0.2, 0) is 5.41 Å². The molecule has 0 bridgehead atoms. The van der Waals surface area contributed by atoms with Crippen molar-refractivity contribution in [1.82, 2.24) is 0 Å². The van der Waals surface area contributed by atoms with Crippen LogP contribution in [0.3, 0.4) is 0 Å². The van der Waals surface area contributed by atoms with Crippen LogP contribution in [-0.4, -0.2) is 11.6 Å². The number of fused-ring (bicyclic) bond motifs is 3. The first-order chi connectivity index (χ1) is 16.9. The molecule has 2 heteroatoms. The zero-order valence-electron chi connectivity index (χ0n) is 20.8. The lowest BCUT2D eigenvalue weighted by atomic mass is 9.73. The molecule has 0 spiro atoms. The number of aryl methyl sites for hydroxylation is 2. The lowest BCUT2D eigenvalue weighted by molar-refractivity contribution is 0.103. The minimum atomic E-state index is -0.227. The van der Waals surface area contributed by atoms with Crippen LogP contribution in [0.4, 0.5) is 0 Å². The molecule has 4 aromatic rings. The number of ketones is 2. The molecule has 0 heterocycles. The molecular formula is C33H30O2. The summed E-state index contributed by atoms with van der Waals surface area (Å²) in [6, 6.07) is 27.8. The van der Waals surface area contributed by atoms with Gasteiger partial charge < -0.3 is 0 Å². The van der Waals surface area contributed by atoms with Gasteiger partial charge >= 0.3 is 0 Å². The highest BCUT2D eigenvalue weighted by atomic mass is 16.1. The SMILES string of the molecule is CCC1(CC)c2cc(C(=O)c3ccccc3C)ccc2-c2ccc(C(=O)c3ccccc3C)cc21. The second-order valence-corrected chi connectivity index (χ2v) is 9.60. The molecule has 174 valence electrons. The second kappa shape index (κ2) is 8.78. The predicted molar refractivity (Wildman–Crippen MR) is 142 cm³/mol. The predicted octanol–water partition coefficient (Wildman–Crippen LogP) is 7.85. The molecule has 0 amide bonds. The molecule has 35 heavy (non-hydrogen) atoms. The van der Waals surface area contributed by atoms with E-state index < -0.39 is 0 Å². The fraction of sp³-hybridized carbons (Fsp3) is 0.212. The fourth-order valence-electron chi connectivity index (χ4n) is 5.76. The van der Waals surface area contributed by atoms with E-state index in [0.717, 1.165) is 35.1 Å². The lowest BCUT2D eigenvalue weighted by Crippen LogP contribution is -2.24. The van der Waals surface area contributed by atoms with Crippen molar-refractivity contribution in [3.05, 3.63) is 129 Å². The lowest BCUT2D eigenvalue weighted by Gasteiger charge is -2.30. The zero-order chi connectivity index (χ0) is 24.7. The summed E-state index contributed by atoms with van der Waals surface area (Å²) in [6.45, 7) is 8.36. The summed E-state index contributed by atoms with van der Waals surface area (Å²) in [5.41, 5.74) is 9.38. The van der Waals surface area contributed by atoms with Crippen molar-refractivity contribution in [2.45, 2.75) is 46.0 Å². The summed E-state index contributed by atoms with van der Waals surface area (Å²) in [7, 11) is 0. The largest absolute Gasteiger partial charge is 0.289 e. The first-order valence-corrected chi connectivity index (χ1v) is 12.4. The molecule has 2 nitrogen and oxygen atoms in total. The van der Waals surface area contributed by atoms with Crippen LogP contribution in [0.2, 0.25) is 0 Å². The second-order valence-electron chi connectivity index (χ2n) is 9.60. The van der Waals surface area contributed by atoms with Crippen molar-refractivity contribution >= 4 is 11.6 Å². The first-order valence-electron chi connectivity index (χ1n) is 12.4. The van der Waals surface area contributed by atoms with Crippen molar-refractivity contribution in [3.8, 4) is 11.1 Å². The van der Waals surface area contributed by atoms with Crippen LogP contribution in [0.15, 0.2) is 84.9 Å². The van der Waals surface area contributed by atoms with Crippen LogP contribution >= 0.6 is 0 Å². The summed E-state index contributed by atoms with van der Waals surface area (Å²) >= 11 is 0. The van der Waals surface area contributed by atoms with Gasteiger partial charge in [0.15, 0.2) is 11.6 Å². The number of hydrogen-bond acceptors (Lipinski definition) is 2. The van der Waals surface area contributed by atoms with Gasteiger partial charge in [-0.05, 0) is 72.2 Å². The van der Waals surface area contributed by atoms with E-state index in [1.54, 1.807) is 0 Å². The maximum Gasteiger partial charge on any atom is 0.193 e. The van der Waals surface area contributed by atoms with Gasteiger partial charge in [0.1, 0.15) is 0 Å². The standard InChI is InChI=1S/C33H30O2/c1-5-33(6-2)29-19-23(31(34)25-13-9-7-11-21(25)3)15-17-27(29)28-18-16-24(20-30(28)33)32(35)26-14-10-8-12-22(26)4/h7-20H,5-6H2,1-4H3. The van der Waals surface area contributed by atoms with Crippen molar-refractivity contribution in [2.75, 3.05) is 0 Å². The molecule has 0 saturated heterocycles. The maximum absolute atomic E-state index is 13.4. The molecule has 0 fully saturated rings. The minimum Gasteiger partial charge on any atom is -0.289 e. The molecule has 1 aliphatic rings. The van der Waals surface area contributed by atoms with E-state index in [9.17, 15) is 9.59 Å². The number of benzene rings is 4. The highest BCUT2D eigenvalue weighted by Crippen LogP contribution is 2.53. The number of rotatable bonds is 6. The number of carbonyl (C=O) groups excluding carboxylic acids is 2. The van der Waals surface area contributed by atoms with Crippen molar-refractivity contribution in [3.63, 3.8) is 0 Å². The quantitative estimate of drug-likeness (QED) is 0.276. The zero-order valence-corrected chi connectivity index (χ0v) is 20.8. The minimum absolute atomic E-state index is 0.0541. The molecule has 0 unspecified atom stereocenters. The Kier molecular flexibility index (Phi) is 5.76. The van der Waals surface area contributed by atoms with E-state index in [4.69, 9.17) is 0 Å². The van der Waals surface area contributed by atoms with Crippen LogP contribution < -0.4 is 0 Å². The smallest absolute Gasteiger partial charge is 0.193 e. The molecule has 5 rings (SSSR count). The Bertz CT molecular complexity index is 1360. The van der Waals surface area contributed by atoms with Crippen LogP contribution in [0.5, 0.6) is 0 Å². The molecule has 4 aromatic carbocycles. The Morgan fingerprint density at radius 2 is 1.00 bits per heavy atom. The summed E-state index contributed by atoms with van der Waals surface area (Å²) in [5.74, 6) is 0.108. The van der Waals surface area contributed by atoms with Gasteiger partial charge in [-0.25, -0.2) is 0 Å². The van der Waals surface area contributed by atoms with Gasteiger partial charge in [0.05, 0.1) is 0 Å². The van der Waals surface area contributed by atoms with Crippen LogP contribution in [0, 0.1) is 13.8 Å². The molecular weight excluding hydrogens is 428 g/mol. The molecule has 0 N–H and O–H groups in total. The topological polar surface area (TPSA) is 34.1 Å². The van der Waals surface area contributed by atoms with Crippen LogP contribution in [0.25, 0.3) is 11.1 Å². The fourth-order valence-corrected chi connectivity index (χ4v) is 5.76. The Balaban J connectivity index is 1.63. The highest BCUT2D eigenvalue weighted by Gasteiger charge is 2.41. The Labute approximate surface area is 207 Å². The van der Waals surface area contributed by atoms with E-state index in [1.807, 2.05) is 74.5 Å². The van der Waals surface area contributed by atoms with Gasteiger partial charge in [0.25, 0.3) is 0 Å². The van der Waals surface area contributed by atoms with Gasteiger partial charge in [-0.1, -0.05) is 86.6 Å². The van der Waals surface area contributed by atoms with E-state index >= 15 is 0 Å². The Hall–Kier alpha value is -3.78. The van der Waals surface area contributed by atoms with Gasteiger partial charge in [-0.3, -0.25) is 9.59 Å². The van der Waals surface area contributed by atoms with E-state index in [0.29, 0.717) is 11.1 Å². The van der Waals surface area contributed by atoms with Gasteiger partial charge in [0, 0.05) is 27.7 Å². The van der Waals surface area contributed by atoms with Crippen molar-refractivity contribution < 1.29 is 9.59 Å². The molecule has 0 aromatic heterocycles. The summed E-state index contributed by atoms with van der Waals surface area (Å²) < 4.78 is 0. The van der Waals surface area contributed by atoms with Crippen molar-refractivity contribution in [1.29, 1.82) is 0 Å². The van der Waals surface area contributed by atoms with E-state index in [2.05, 4.69) is 38.1 Å². The molecule has 0 aliphatic heterocycles. The first kappa shape index (κ1) is 23.0. The van der Waals surface area contributed by atoms with Gasteiger partial charge in [-0.15, -0.1) is 0 Å². The molecule has 0 radical (unpaired) electrons. The van der Waals surface area contributed by atoms with Crippen molar-refractivity contribution in [2.24, 2.45) is 0 Å². The molecule has 0 atom stereocenters. The summed E-state index contributed by atoms with van der Waals surface area (Å²) in [6.07, 6.45) is 1.79. The summed E-state index contributed by atoms with van der Waals surface area (Å²) in [4.78, 5) is 26.8.